The van der Waals surface area contributed by atoms with Crippen molar-refractivity contribution in [2.75, 3.05) is 6.61 Å². The number of hydrogen-bond donors (Lipinski definition) is 2. The molecule has 0 saturated carbocycles. The molecular weight excluding hydrogens is 316 g/mol. The van der Waals surface area contributed by atoms with Crippen LogP contribution in [0.5, 0.6) is 5.88 Å². The van der Waals surface area contributed by atoms with Gasteiger partial charge in [-0.25, -0.2) is 9.78 Å². The van der Waals surface area contributed by atoms with Crippen LogP contribution < -0.4 is 15.4 Å². The van der Waals surface area contributed by atoms with E-state index in [9.17, 15) is 4.79 Å². The fraction of sp³-hybridized carbons (Fsp3) is 0.421. The second kappa shape index (κ2) is 9.01. The number of rotatable bonds is 7. The van der Waals surface area contributed by atoms with E-state index in [0.717, 1.165) is 16.8 Å². The van der Waals surface area contributed by atoms with Crippen LogP contribution in [0.2, 0.25) is 0 Å². The van der Waals surface area contributed by atoms with Crippen LogP contribution >= 0.6 is 0 Å². The quantitative estimate of drug-likeness (QED) is 0.809. The third kappa shape index (κ3) is 5.45. The predicted molar refractivity (Wildman–Crippen MR) is 97.3 cm³/mol. The molecule has 0 unspecified atom stereocenters. The van der Waals surface area contributed by atoms with Gasteiger partial charge < -0.3 is 15.4 Å². The third-order valence-electron chi connectivity index (χ3n) is 3.84. The van der Waals surface area contributed by atoms with Crippen molar-refractivity contribution in [3.63, 3.8) is 0 Å². The van der Waals surface area contributed by atoms with Gasteiger partial charge in [-0.05, 0) is 43.0 Å². The van der Waals surface area contributed by atoms with E-state index in [1.165, 1.54) is 0 Å². The van der Waals surface area contributed by atoms with Gasteiger partial charge >= 0.3 is 6.03 Å². The van der Waals surface area contributed by atoms with Gasteiger partial charge in [0.2, 0.25) is 5.88 Å². The van der Waals surface area contributed by atoms with Gasteiger partial charge in [0.1, 0.15) is 0 Å². The largest absolute Gasteiger partial charge is 0.478 e. The average Bonchev–Trinajstić information content (AvgIpc) is 2.59. The molecule has 0 fully saturated rings. The van der Waals surface area contributed by atoms with Crippen molar-refractivity contribution >= 4 is 6.03 Å². The number of carbonyl (C=O) groups is 1. The van der Waals surface area contributed by atoms with Gasteiger partial charge in [-0.15, -0.1) is 0 Å². The summed E-state index contributed by atoms with van der Waals surface area (Å²) in [5.41, 5.74) is 2.90. The summed E-state index contributed by atoms with van der Waals surface area (Å²) in [6.45, 7) is 9.01. The molecule has 0 aliphatic heterocycles. The van der Waals surface area contributed by atoms with E-state index >= 15 is 0 Å². The number of nitrogens with zero attached hydrogens (tertiary/aromatic N) is 2. The zero-order valence-corrected chi connectivity index (χ0v) is 15.2. The first-order chi connectivity index (χ1) is 12.0. The second-order valence-electron chi connectivity index (χ2n) is 6.19. The monoisotopic (exact) mass is 342 g/mol. The van der Waals surface area contributed by atoms with Crippen LogP contribution in [0.4, 0.5) is 4.79 Å². The number of urea groups is 1. The molecule has 0 aliphatic rings. The third-order valence-corrected chi connectivity index (χ3v) is 3.84. The van der Waals surface area contributed by atoms with Gasteiger partial charge in [-0.1, -0.05) is 19.9 Å². The highest BCUT2D eigenvalue weighted by Crippen LogP contribution is 2.22. The Balaban J connectivity index is 1.98. The lowest BCUT2D eigenvalue weighted by Crippen LogP contribution is -2.40. The maximum absolute atomic E-state index is 12.3. The number of hydrogen-bond acceptors (Lipinski definition) is 4. The molecule has 2 N–H and O–H groups in total. The molecule has 0 spiro atoms. The summed E-state index contributed by atoms with van der Waals surface area (Å²) in [7, 11) is 0. The van der Waals surface area contributed by atoms with Crippen LogP contribution in [0.25, 0.3) is 0 Å². The Hall–Kier alpha value is -2.63. The first-order valence-corrected chi connectivity index (χ1v) is 8.54. The zero-order valence-electron chi connectivity index (χ0n) is 15.2. The molecule has 6 nitrogen and oxygen atoms in total. The predicted octanol–water partition coefficient (Wildman–Crippen LogP) is 3.38. The Morgan fingerprint density at radius 2 is 2.04 bits per heavy atom. The van der Waals surface area contributed by atoms with E-state index in [1.54, 1.807) is 12.4 Å². The number of pyridine rings is 2. The average molecular weight is 342 g/mol. The number of carbonyl (C=O) groups excluding carboxylic acids is 1. The standard InChI is InChI=1S/C19H26N4O2/c1-5-25-16-11-15(8-10-20-16)12-22-19(24)23-17(13(2)3)18-14(4)7-6-9-21-18/h6-11,13,17H,5,12H2,1-4H3,(H2,22,23,24)/t17-/m0/s1. The molecule has 0 radical (unpaired) electrons. The van der Waals surface area contributed by atoms with Crippen molar-refractivity contribution < 1.29 is 9.53 Å². The van der Waals surface area contributed by atoms with Gasteiger partial charge in [-0.3, -0.25) is 4.98 Å². The SMILES string of the molecule is CCOc1cc(CNC(=O)N[C@H](c2ncccc2C)C(C)C)ccn1. The van der Waals surface area contributed by atoms with Crippen LogP contribution in [-0.4, -0.2) is 22.6 Å². The Bertz CT molecular complexity index is 703. The minimum absolute atomic E-state index is 0.141. The van der Waals surface area contributed by atoms with Gasteiger partial charge in [0.25, 0.3) is 0 Å². The molecule has 2 amide bonds. The maximum atomic E-state index is 12.3. The molecule has 2 aromatic rings. The molecule has 6 heteroatoms. The fourth-order valence-corrected chi connectivity index (χ4v) is 2.54. The molecule has 1 atom stereocenters. The Morgan fingerprint density at radius 3 is 2.72 bits per heavy atom. The van der Waals surface area contributed by atoms with E-state index in [1.807, 2.05) is 38.1 Å². The minimum Gasteiger partial charge on any atom is -0.478 e. The highest BCUT2D eigenvalue weighted by Gasteiger charge is 2.21. The van der Waals surface area contributed by atoms with Crippen LogP contribution in [0.15, 0.2) is 36.7 Å². The van der Waals surface area contributed by atoms with Crippen molar-refractivity contribution in [3.8, 4) is 5.88 Å². The molecule has 134 valence electrons. The number of amides is 2. The van der Waals surface area contributed by atoms with Gasteiger partial charge in [-0.2, -0.15) is 0 Å². The summed E-state index contributed by atoms with van der Waals surface area (Å²) in [6.07, 6.45) is 3.43. The summed E-state index contributed by atoms with van der Waals surface area (Å²) in [6, 6.07) is 7.22. The van der Waals surface area contributed by atoms with Gasteiger partial charge in [0.15, 0.2) is 0 Å². The molecule has 2 aromatic heterocycles. The lowest BCUT2D eigenvalue weighted by molar-refractivity contribution is 0.232. The summed E-state index contributed by atoms with van der Waals surface area (Å²) in [4.78, 5) is 20.9. The van der Waals surface area contributed by atoms with Crippen molar-refractivity contribution in [1.29, 1.82) is 0 Å². The minimum atomic E-state index is -0.224. The summed E-state index contributed by atoms with van der Waals surface area (Å²) in [5, 5.41) is 5.91. The molecule has 0 saturated heterocycles. The Kier molecular flexibility index (Phi) is 6.74. The lowest BCUT2D eigenvalue weighted by atomic mass is 9.97. The first kappa shape index (κ1) is 18.7. The van der Waals surface area contributed by atoms with Crippen molar-refractivity contribution in [2.24, 2.45) is 5.92 Å². The molecule has 0 bridgehead atoms. The van der Waals surface area contributed by atoms with E-state index in [-0.39, 0.29) is 18.0 Å². The molecular formula is C19H26N4O2. The van der Waals surface area contributed by atoms with Crippen molar-refractivity contribution in [3.05, 3.63) is 53.5 Å². The molecule has 0 aromatic carbocycles. The van der Waals surface area contributed by atoms with E-state index < -0.39 is 0 Å². The first-order valence-electron chi connectivity index (χ1n) is 8.54. The topological polar surface area (TPSA) is 76.1 Å². The highest BCUT2D eigenvalue weighted by atomic mass is 16.5. The Morgan fingerprint density at radius 1 is 1.24 bits per heavy atom. The van der Waals surface area contributed by atoms with Crippen molar-refractivity contribution in [1.82, 2.24) is 20.6 Å². The van der Waals surface area contributed by atoms with Crippen molar-refractivity contribution in [2.45, 2.75) is 40.3 Å². The molecule has 25 heavy (non-hydrogen) atoms. The fourth-order valence-electron chi connectivity index (χ4n) is 2.54. The molecule has 2 rings (SSSR count). The summed E-state index contributed by atoms with van der Waals surface area (Å²) < 4.78 is 5.37. The van der Waals surface area contributed by atoms with Gasteiger partial charge in [0.05, 0.1) is 18.3 Å². The number of aryl methyl sites for hydroxylation is 1. The number of aromatic nitrogens is 2. The normalized spacial score (nSPS) is 11.9. The second-order valence-corrected chi connectivity index (χ2v) is 6.19. The smallest absolute Gasteiger partial charge is 0.315 e. The number of ether oxygens (including phenoxy) is 1. The number of nitrogens with one attached hydrogen (secondary N) is 2. The van der Waals surface area contributed by atoms with Crippen LogP contribution in [-0.2, 0) is 6.54 Å². The zero-order chi connectivity index (χ0) is 18.2. The van der Waals surface area contributed by atoms with Gasteiger partial charge in [0, 0.05) is 25.0 Å². The molecule has 0 aliphatic carbocycles. The summed E-state index contributed by atoms with van der Waals surface area (Å²) in [5.74, 6) is 0.788. The van der Waals surface area contributed by atoms with Crippen LogP contribution in [0.1, 0.15) is 43.6 Å². The van der Waals surface area contributed by atoms with E-state index in [4.69, 9.17) is 4.74 Å². The van der Waals surface area contributed by atoms with Crippen LogP contribution in [0.3, 0.4) is 0 Å². The highest BCUT2D eigenvalue weighted by molar-refractivity contribution is 5.74. The maximum Gasteiger partial charge on any atom is 0.315 e. The Labute approximate surface area is 149 Å². The van der Waals surface area contributed by atoms with Crippen LogP contribution in [0, 0.1) is 12.8 Å². The molecule has 2 heterocycles. The lowest BCUT2D eigenvalue weighted by Gasteiger charge is -2.23. The van der Waals surface area contributed by atoms with E-state index in [2.05, 4.69) is 34.4 Å². The summed E-state index contributed by atoms with van der Waals surface area (Å²) >= 11 is 0. The van der Waals surface area contributed by atoms with E-state index in [0.29, 0.717) is 19.0 Å².